The highest BCUT2D eigenvalue weighted by Crippen LogP contribution is 2.33. The van der Waals surface area contributed by atoms with Crippen LogP contribution in [-0.2, 0) is 11.3 Å². The van der Waals surface area contributed by atoms with Crippen LogP contribution in [0, 0.1) is 0 Å². The molecule has 0 fully saturated rings. The lowest BCUT2D eigenvalue weighted by Gasteiger charge is -2.20. The molecule has 2 N–H and O–H groups in total. The number of ether oxygens (including phenoxy) is 2. The number of benzene rings is 1. The molecule has 3 rings (SSSR count). The Hall–Kier alpha value is -2.00. The largest absolute Gasteiger partial charge is 0.454 e. The Morgan fingerprint density at radius 3 is 2.96 bits per heavy atom. The van der Waals surface area contributed by atoms with Gasteiger partial charge in [-0.15, -0.1) is 10.2 Å². The first-order valence-electron chi connectivity index (χ1n) is 7.03. The highest BCUT2D eigenvalue weighted by atomic mass is 32.2. The van der Waals surface area contributed by atoms with Crippen LogP contribution >= 0.6 is 23.1 Å². The van der Waals surface area contributed by atoms with Gasteiger partial charge in [0.2, 0.25) is 17.8 Å². The van der Waals surface area contributed by atoms with Crippen molar-refractivity contribution < 1.29 is 14.3 Å². The summed E-state index contributed by atoms with van der Waals surface area (Å²) in [6.45, 7) is 3.37. The predicted octanol–water partition coefficient (Wildman–Crippen LogP) is 1.99. The maximum Gasteiger partial charge on any atom is 0.233 e. The summed E-state index contributed by atoms with van der Waals surface area (Å²) in [6.07, 6.45) is 0. The van der Waals surface area contributed by atoms with Gasteiger partial charge in [0.15, 0.2) is 15.8 Å². The maximum atomic E-state index is 12.4. The van der Waals surface area contributed by atoms with Crippen molar-refractivity contribution in [2.24, 2.45) is 0 Å². The second-order valence-corrected chi connectivity index (χ2v) is 7.02. The standard InChI is InChI=1S/C14H16N4O3S2/c1-2-18(12(19)7-22-14-17-16-13(15)23-14)6-9-3-4-10-11(5-9)21-8-20-10/h3-5H,2,6-8H2,1H3,(H2,15,16). The van der Waals surface area contributed by atoms with E-state index in [0.717, 1.165) is 17.1 Å². The van der Waals surface area contributed by atoms with E-state index < -0.39 is 0 Å². The fraction of sp³-hybridized carbons (Fsp3) is 0.357. The average molecular weight is 352 g/mol. The van der Waals surface area contributed by atoms with E-state index in [1.807, 2.05) is 25.1 Å². The monoisotopic (exact) mass is 352 g/mol. The molecule has 0 spiro atoms. The number of carbonyl (C=O) groups is 1. The predicted molar refractivity (Wildman–Crippen MR) is 88.7 cm³/mol. The molecule has 1 aliphatic rings. The number of hydrogen-bond acceptors (Lipinski definition) is 8. The van der Waals surface area contributed by atoms with Crippen molar-refractivity contribution in [3.05, 3.63) is 23.8 Å². The molecule has 1 aromatic carbocycles. The summed E-state index contributed by atoms with van der Waals surface area (Å²) in [5.41, 5.74) is 6.54. The molecule has 2 aromatic rings. The van der Waals surface area contributed by atoms with Gasteiger partial charge >= 0.3 is 0 Å². The van der Waals surface area contributed by atoms with E-state index in [1.54, 1.807) is 4.90 Å². The number of aromatic nitrogens is 2. The molecule has 0 saturated heterocycles. The molecule has 0 aliphatic carbocycles. The van der Waals surface area contributed by atoms with Gasteiger partial charge in [-0.25, -0.2) is 0 Å². The summed E-state index contributed by atoms with van der Waals surface area (Å²) in [6, 6.07) is 5.73. The van der Waals surface area contributed by atoms with Gasteiger partial charge in [0, 0.05) is 13.1 Å². The van der Waals surface area contributed by atoms with Crippen LogP contribution in [0.1, 0.15) is 12.5 Å². The number of amides is 1. The average Bonchev–Trinajstić information content (AvgIpc) is 3.18. The number of thioether (sulfide) groups is 1. The van der Waals surface area contributed by atoms with E-state index in [4.69, 9.17) is 15.2 Å². The van der Waals surface area contributed by atoms with E-state index in [0.29, 0.717) is 28.3 Å². The van der Waals surface area contributed by atoms with Gasteiger partial charge in [-0.1, -0.05) is 29.2 Å². The van der Waals surface area contributed by atoms with Crippen molar-refractivity contribution in [1.29, 1.82) is 0 Å². The summed E-state index contributed by atoms with van der Waals surface area (Å²) in [5, 5.41) is 8.05. The van der Waals surface area contributed by atoms with Crippen LogP contribution in [0.2, 0.25) is 0 Å². The summed E-state index contributed by atoms with van der Waals surface area (Å²) in [4.78, 5) is 14.2. The summed E-state index contributed by atoms with van der Waals surface area (Å²) in [7, 11) is 0. The minimum Gasteiger partial charge on any atom is -0.454 e. The second kappa shape index (κ2) is 7.05. The van der Waals surface area contributed by atoms with Gasteiger partial charge in [-0.3, -0.25) is 4.79 Å². The van der Waals surface area contributed by atoms with E-state index in [9.17, 15) is 4.79 Å². The number of nitrogen functional groups attached to an aromatic ring is 1. The summed E-state index contributed by atoms with van der Waals surface area (Å²) in [5.74, 6) is 1.83. The molecule has 1 aromatic heterocycles. The molecule has 0 unspecified atom stereocenters. The zero-order chi connectivity index (χ0) is 16.2. The lowest BCUT2D eigenvalue weighted by molar-refractivity contribution is -0.128. The lowest BCUT2D eigenvalue weighted by Crippen LogP contribution is -2.31. The van der Waals surface area contributed by atoms with Crippen LogP contribution in [-0.4, -0.2) is 40.1 Å². The van der Waals surface area contributed by atoms with Crippen LogP contribution < -0.4 is 15.2 Å². The number of anilines is 1. The molecule has 1 aliphatic heterocycles. The highest BCUT2D eigenvalue weighted by molar-refractivity contribution is 8.01. The first kappa shape index (κ1) is 15.9. The molecular weight excluding hydrogens is 336 g/mol. The van der Waals surface area contributed by atoms with Crippen molar-refractivity contribution in [2.75, 3.05) is 24.8 Å². The summed E-state index contributed by atoms with van der Waals surface area (Å²) < 4.78 is 11.4. The van der Waals surface area contributed by atoms with E-state index in [2.05, 4.69) is 10.2 Å². The van der Waals surface area contributed by atoms with Crippen molar-refractivity contribution in [3.63, 3.8) is 0 Å². The molecule has 122 valence electrons. The van der Waals surface area contributed by atoms with Crippen LogP contribution in [0.3, 0.4) is 0 Å². The molecule has 0 saturated carbocycles. The Balaban J connectivity index is 1.59. The third-order valence-electron chi connectivity index (χ3n) is 3.29. The SMILES string of the molecule is CCN(Cc1ccc2c(c1)OCO2)C(=O)CSc1nnc(N)s1. The van der Waals surface area contributed by atoms with Gasteiger partial charge in [0.05, 0.1) is 5.75 Å². The van der Waals surface area contributed by atoms with Crippen LogP contribution in [0.25, 0.3) is 0 Å². The van der Waals surface area contributed by atoms with Gasteiger partial charge in [-0.05, 0) is 24.6 Å². The van der Waals surface area contributed by atoms with Crippen molar-refractivity contribution in [3.8, 4) is 11.5 Å². The maximum absolute atomic E-state index is 12.4. The number of hydrogen-bond donors (Lipinski definition) is 1. The minimum atomic E-state index is 0.0453. The third kappa shape index (κ3) is 3.85. The zero-order valence-electron chi connectivity index (χ0n) is 12.5. The number of rotatable bonds is 6. The molecule has 0 atom stereocenters. The third-order valence-corrected chi connectivity index (χ3v) is 5.16. The number of fused-ring (bicyclic) bond motifs is 1. The lowest BCUT2D eigenvalue weighted by atomic mass is 10.2. The van der Waals surface area contributed by atoms with Gasteiger partial charge < -0.3 is 20.1 Å². The molecule has 2 heterocycles. The van der Waals surface area contributed by atoms with Gasteiger partial charge in [-0.2, -0.15) is 0 Å². The number of nitrogens with two attached hydrogens (primary N) is 1. The molecule has 0 bridgehead atoms. The quantitative estimate of drug-likeness (QED) is 0.795. The Kier molecular flexibility index (Phi) is 4.87. The van der Waals surface area contributed by atoms with Crippen molar-refractivity contribution in [1.82, 2.24) is 15.1 Å². The Bertz CT molecular complexity index is 707. The molecule has 23 heavy (non-hydrogen) atoms. The Morgan fingerprint density at radius 1 is 1.39 bits per heavy atom. The minimum absolute atomic E-state index is 0.0453. The topological polar surface area (TPSA) is 90.6 Å². The number of nitrogens with zero attached hydrogens (tertiary/aromatic N) is 3. The zero-order valence-corrected chi connectivity index (χ0v) is 14.2. The number of carbonyl (C=O) groups excluding carboxylic acids is 1. The van der Waals surface area contributed by atoms with E-state index in [1.165, 1.54) is 23.1 Å². The molecule has 1 amide bonds. The smallest absolute Gasteiger partial charge is 0.233 e. The Labute approximate surface area is 141 Å². The van der Waals surface area contributed by atoms with Crippen LogP contribution in [0.15, 0.2) is 22.5 Å². The Morgan fingerprint density at radius 2 is 2.22 bits per heavy atom. The van der Waals surface area contributed by atoms with Gasteiger partial charge in [0.25, 0.3) is 0 Å². The molecular formula is C14H16N4O3S2. The second-order valence-electron chi connectivity index (χ2n) is 4.79. The van der Waals surface area contributed by atoms with E-state index >= 15 is 0 Å². The fourth-order valence-corrected chi connectivity index (χ4v) is 3.67. The van der Waals surface area contributed by atoms with Crippen molar-refractivity contribution >= 4 is 34.1 Å². The first-order valence-corrected chi connectivity index (χ1v) is 8.84. The fourth-order valence-electron chi connectivity index (χ4n) is 2.13. The summed E-state index contributed by atoms with van der Waals surface area (Å²) >= 11 is 2.64. The van der Waals surface area contributed by atoms with Crippen LogP contribution in [0.5, 0.6) is 11.5 Å². The first-order chi connectivity index (χ1) is 11.2. The molecule has 9 heteroatoms. The molecule has 7 nitrogen and oxygen atoms in total. The van der Waals surface area contributed by atoms with Gasteiger partial charge in [0.1, 0.15) is 0 Å². The van der Waals surface area contributed by atoms with E-state index in [-0.39, 0.29) is 12.7 Å². The van der Waals surface area contributed by atoms with Crippen LogP contribution in [0.4, 0.5) is 5.13 Å². The highest BCUT2D eigenvalue weighted by Gasteiger charge is 2.17. The van der Waals surface area contributed by atoms with Crippen molar-refractivity contribution in [2.45, 2.75) is 17.8 Å². The normalized spacial score (nSPS) is 12.4. The molecule has 0 radical (unpaired) electrons.